The maximum atomic E-state index is 9.19. The number of aliphatic hydroxyl groups excluding tert-OH is 1. The van der Waals surface area contributed by atoms with Crippen molar-refractivity contribution in [2.24, 2.45) is 5.41 Å². The van der Waals surface area contributed by atoms with Crippen molar-refractivity contribution in [3.05, 3.63) is 35.8 Å². The molecule has 0 saturated carbocycles. The van der Waals surface area contributed by atoms with Gasteiger partial charge in [0.15, 0.2) is 0 Å². The minimum atomic E-state index is -0.103. The molecule has 0 saturated heterocycles. The molecule has 18 heavy (non-hydrogen) atoms. The Kier molecular flexibility index (Phi) is 3.99. The second-order valence-corrected chi connectivity index (χ2v) is 5.99. The molecule has 0 bridgehead atoms. The zero-order valence-corrected chi connectivity index (χ0v) is 11.5. The topological polar surface area (TPSA) is 45.1 Å². The standard InChI is InChI=1S/C14H18N2OS/c1-14(2,10-17)9-16-12-5-3-11(4-6-12)13-15-7-8-18-13/h3-8,16-17H,9-10H2,1-2H3. The highest BCUT2D eigenvalue weighted by Crippen LogP contribution is 2.23. The van der Waals surface area contributed by atoms with Crippen molar-refractivity contribution in [1.29, 1.82) is 0 Å². The second kappa shape index (κ2) is 5.50. The van der Waals surface area contributed by atoms with E-state index >= 15 is 0 Å². The number of nitrogens with zero attached hydrogens (tertiary/aromatic N) is 1. The lowest BCUT2D eigenvalue weighted by Crippen LogP contribution is -2.26. The van der Waals surface area contributed by atoms with Crippen molar-refractivity contribution in [3.8, 4) is 10.6 Å². The van der Waals surface area contributed by atoms with E-state index in [1.807, 2.05) is 37.6 Å². The SMILES string of the molecule is CC(C)(CO)CNc1ccc(-c2nccs2)cc1. The Morgan fingerprint density at radius 1 is 1.28 bits per heavy atom. The normalized spacial score (nSPS) is 11.5. The van der Waals surface area contributed by atoms with Gasteiger partial charge in [-0.3, -0.25) is 0 Å². The summed E-state index contributed by atoms with van der Waals surface area (Å²) in [7, 11) is 0. The van der Waals surface area contributed by atoms with Crippen LogP contribution >= 0.6 is 11.3 Å². The average molecular weight is 262 g/mol. The van der Waals surface area contributed by atoms with Gasteiger partial charge in [0.05, 0.1) is 0 Å². The molecule has 0 spiro atoms. The molecule has 0 aliphatic heterocycles. The van der Waals surface area contributed by atoms with Crippen molar-refractivity contribution >= 4 is 17.0 Å². The van der Waals surface area contributed by atoms with Gasteiger partial charge in [-0.1, -0.05) is 13.8 Å². The van der Waals surface area contributed by atoms with Crippen LogP contribution in [0, 0.1) is 5.41 Å². The molecule has 0 aliphatic carbocycles. The van der Waals surface area contributed by atoms with Crippen LogP contribution in [0.5, 0.6) is 0 Å². The minimum Gasteiger partial charge on any atom is -0.396 e. The van der Waals surface area contributed by atoms with Crippen molar-refractivity contribution in [3.63, 3.8) is 0 Å². The van der Waals surface area contributed by atoms with E-state index in [0.717, 1.165) is 22.8 Å². The molecule has 1 heterocycles. The molecule has 2 aromatic rings. The molecule has 0 amide bonds. The number of hydrogen-bond acceptors (Lipinski definition) is 4. The van der Waals surface area contributed by atoms with Gasteiger partial charge in [0.25, 0.3) is 0 Å². The minimum absolute atomic E-state index is 0.103. The number of nitrogens with one attached hydrogen (secondary N) is 1. The third-order valence-electron chi connectivity index (χ3n) is 2.76. The smallest absolute Gasteiger partial charge is 0.123 e. The van der Waals surface area contributed by atoms with Crippen LogP contribution in [0.15, 0.2) is 35.8 Å². The molecule has 0 atom stereocenters. The first-order valence-corrected chi connectivity index (χ1v) is 6.83. The molecule has 1 aromatic heterocycles. The van der Waals surface area contributed by atoms with E-state index in [0.29, 0.717) is 0 Å². The summed E-state index contributed by atoms with van der Waals surface area (Å²) < 4.78 is 0. The molecule has 1 aromatic carbocycles. The van der Waals surface area contributed by atoms with Crippen molar-refractivity contribution < 1.29 is 5.11 Å². The summed E-state index contributed by atoms with van der Waals surface area (Å²) in [6.07, 6.45) is 1.82. The van der Waals surface area contributed by atoms with Gasteiger partial charge in [0, 0.05) is 41.4 Å². The Hall–Kier alpha value is -1.39. The predicted molar refractivity (Wildman–Crippen MR) is 76.9 cm³/mol. The molecule has 2 rings (SSSR count). The van der Waals surface area contributed by atoms with Gasteiger partial charge in [-0.15, -0.1) is 11.3 Å². The van der Waals surface area contributed by atoms with Gasteiger partial charge in [0.2, 0.25) is 0 Å². The number of rotatable bonds is 5. The van der Waals surface area contributed by atoms with E-state index < -0.39 is 0 Å². The van der Waals surface area contributed by atoms with Crippen LogP contribution in [0.25, 0.3) is 10.6 Å². The first-order valence-electron chi connectivity index (χ1n) is 5.95. The zero-order chi connectivity index (χ0) is 13.0. The third kappa shape index (κ3) is 3.31. The molecule has 3 nitrogen and oxygen atoms in total. The first kappa shape index (κ1) is 13.1. The Bertz CT molecular complexity index is 477. The molecule has 0 radical (unpaired) electrons. The van der Waals surface area contributed by atoms with E-state index in [1.165, 1.54) is 0 Å². The maximum absolute atomic E-state index is 9.19. The van der Waals surface area contributed by atoms with E-state index in [4.69, 9.17) is 0 Å². The highest BCUT2D eigenvalue weighted by molar-refractivity contribution is 7.13. The van der Waals surface area contributed by atoms with Crippen LogP contribution in [0.2, 0.25) is 0 Å². The fraction of sp³-hybridized carbons (Fsp3) is 0.357. The molecule has 0 aliphatic rings. The molecular formula is C14H18N2OS. The number of anilines is 1. The molecular weight excluding hydrogens is 244 g/mol. The number of aliphatic hydroxyl groups is 1. The molecule has 2 N–H and O–H groups in total. The lowest BCUT2D eigenvalue weighted by Gasteiger charge is -2.22. The van der Waals surface area contributed by atoms with Gasteiger partial charge in [-0.05, 0) is 24.3 Å². The van der Waals surface area contributed by atoms with E-state index in [9.17, 15) is 5.11 Å². The van der Waals surface area contributed by atoms with Crippen LogP contribution in [-0.2, 0) is 0 Å². The van der Waals surface area contributed by atoms with Gasteiger partial charge in [-0.25, -0.2) is 4.98 Å². The van der Waals surface area contributed by atoms with Crippen LogP contribution in [0.4, 0.5) is 5.69 Å². The number of benzene rings is 1. The van der Waals surface area contributed by atoms with Gasteiger partial charge < -0.3 is 10.4 Å². The first-order chi connectivity index (χ1) is 8.61. The summed E-state index contributed by atoms with van der Waals surface area (Å²) in [4.78, 5) is 4.28. The summed E-state index contributed by atoms with van der Waals surface area (Å²) in [6, 6.07) is 8.22. The summed E-state index contributed by atoms with van der Waals surface area (Å²) in [5.74, 6) is 0. The summed E-state index contributed by atoms with van der Waals surface area (Å²) in [6.45, 7) is 4.99. The molecule has 96 valence electrons. The van der Waals surface area contributed by atoms with Crippen LogP contribution in [0.3, 0.4) is 0 Å². The highest BCUT2D eigenvalue weighted by atomic mass is 32.1. The van der Waals surface area contributed by atoms with E-state index in [-0.39, 0.29) is 12.0 Å². The molecule has 0 unspecified atom stereocenters. The molecule has 4 heteroatoms. The predicted octanol–water partition coefficient (Wildman–Crippen LogP) is 3.24. The van der Waals surface area contributed by atoms with E-state index in [2.05, 4.69) is 22.4 Å². The Morgan fingerprint density at radius 3 is 2.56 bits per heavy atom. The Labute approximate surface area is 112 Å². The highest BCUT2D eigenvalue weighted by Gasteiger charge is 2.15. The van der Waals surface area contributed by atoms with Crippen LogP contribution in [-0.4, -0.2) is 23.2 Å². The van der Waals surface area contributed by atoms with Crippen molar-refractivity contribution in [2.45, 2.75) is 13.8 Å². The largest absolute Gasteiger partial charge is 0.396 e. The lowest BCUT2D eigenvalue weighted by molar-refractivity contribution is 0.171. The zero-order valence-electron chi connectivity index (χ0n) is 10.7. The number of thiazole rings is 1. The monoisotopic (exact) mass is 262 g/mol. The maximum Gasteiger partial charge on any atom is 0.123 e. The summed E-state index contributed by atoms with van der Waals surface area (Å²) in [5.41, 5.74) is 2.10. The molecule has 0 fully saturated rings. The average Bonchev–Trinajstić information content (AvgIpc) is 2.91. The van der Waals surface area contributed by atoms with E-state index in [1.54, 1.807) is 11.3 Å². The number of hydrogen-bond donors (Lipinski definition) is 2. The Morgan fingerprint density at radius 2 is 2.00 bits per heavy atom. The second-order valence-electron chi connectivity index (χ2n) is 5.09. The van der Waals surface area contributed by atoms with Gasteiger partial charge in [-0.2, -0.15) is 0 Å². The van der Waals surface area contributed by atoms with Crippen LogP contribution in [0.1, 0.15) is 13.8 Å². The van der Waals surface area contributed by atoms with Gasteiger partial charge in [0.1, 0.15) is 5.01 Å². The van der Waals surface area contributed by atoms with Crippen molar-refractivity contribution in [2.75, 3.05) is 18.5 Å². The third-order valence-corrected chi connectivity index (χ3v) is 3.59. The lowest BCUT2D eigenvalue weighted by atomic mass is 9.95. The number of aromatic nitrogens is 1. The van der Waals surface area contributed by atoms with Gasteiger partial charge >= 0.3 is 0 Å². The fourth-order valence-corrected chi connectivity index (χ4v) is 2.14. The Balaban J connectivity index is 2.00. The quantitative estimate of drug-likeness (QED) is 0.869. The van der Waals surface area contributed by atoms with Crippen molar-refractivity contribution in [1.82, 2.24) is 4.98 Å². The summed E-state index contributed by atoms with van der Waals surface area (Å²) in [5, 5.41) is 15.5. The summed E-state index contributed by atoms with van der Waals surface area (Å²) >= 11 is 1.64. The fourth-order valence-electron chi connectivity index (χ4n) is 1.49. The van der Waals surface area contributed by atoms with Crippen LogP contribution < -0.4 is 5.32 Å².